The van der Waals surface area contributed by atoms with Gasteiger partial charge in [-0.1, -0.05) is 17.7 Å². The second-order valence-electron chi connectivity index (χ2n) is 3.28. The van der Waals surface area contributed by atoms with E-state index >= 15 is 0 Å². The van der Waals surface area contributed by atoms with Gasteiger partial charge in [-0.15, -0.1) is 0 Å². The third-order valence-corrected chi connectivity index (χ3v) is 2.39. The van der Waals surface area contributed by atoms with Crippen molar-refractivity contribution in [1.82, 2.24) is 15.8 Å². The number of nitrogens with one attached hydrogen (secondary N) is 2. The molecular weight excluding hydrogens is 210 g/mol. The maximum Gasteiger partial charge on any atom is 0.0703 e. The van der Waals surface area contributed by atoms with E-state index in [-0.39, 0.29) is 0 Å². The Morgan fingerprint density at radius 3 is 3.00 bits per heavy atom. The van der Waals surface area contributed by atoms with Gasteiger partial charge in [0.25, 0.3) is 0 Å². The number of halogens is 1. The van der Waals surface area contributed by atoms with E-state index in [1.807, 2.05) is 25.2 Å². The molecule has 78 valence electrons. The Morgan fingerprint density at radius 1 is 1.33 bits per heavy atom. The van der Waals surface area contributed by atoms with Gasteiger partial charge < -0.3 is 0 Å². The van der Waals surface area contributed by atoms with E-state index in [1.54, 1.807) is 6.20 Å². The van der Waals surface area contributed by atoms with Crippen LogP contribution in [0.5, 0.6) is 0 Å². The van der Waals surface area contributed by atoms with Crippen LogP contribution in [0.4, 0.5) is 0 Å². The maximum absolute atomic E-state index is 5.88. The fourth-order valence-corrected chi connectivity index (χ4v) is 1.62. The lowest BCUT2D eigenvalue weighted by atomic mass is 10.1. The second kappa shape index (κ2) is 4.57. The van der Waals surface area contributed by atoms with Crippen LogP contribution < -0.4 is 10.9 Å². The summed E-state index contributed by atoms with van der Waals surface area (Å²) in [6, 6.07) is 8.05. The average Bonchev–Trinajstić information content (AvgIpc) is 2.25. The van der Waals surface area contributed by atoms with Crippen LogP contribution >= 0.6 is 11.6 Å². The third-order valence-electron chi connectivity index (χ3n) is 2.18. The molecule has 0 bridgehead atoms. The molecule has 1 aromatic heterocycles. The minimum Gasteiger partial charge on any atom is -0.261 e. The lowest BCUT2D eigenvalue weighted by Crippen LogP contribution is -2.26. The lowest BCUT2D eigenvalue weighted by Gasteiger charge is -2.04. The highest BCUT2D eigenvalue weighted by Gasteiger charge is 1.98. The van der Waals surface area contributed by atoms with Gasteiger partial charge >= 0.3 is 0 Å². The molecule has 0 atom stereocenters. The Labute approximate surface area is 93.4 Å². The first kappa shape index (κ1) is 10.4. The van der Waals surface area contributed by atoms with Gasteiger partial charge in [0.2, 0.25) is 0 Å². The fraction of sp³-hybridized carbons (Fsp3) is 0.182. The molecule has 0 fully saturated rings. The standard InChI is InChI=1S/C11H12ClN3/c1-13-15-6-8-2-3-11-9(4-8)5-10(12)7-14-11/h2-5,7,13,15H,6H2,1H3. The molecule has 0 saturated heterocycles. The SMILES string of the molecule is CNNCc1ccc2ncc(Cl)cc2c1. The van der Waals surface area contributed by atoms with E-state index < -0.39 is 0 Å². The number of rotatable bonds is 3. The Balaban J connectivity index is 2.36. The van der Waals surface area contributed by atoms with Crippen LogP contribution in [0.2, 0.25) is 5.02 Å². The zero-order valence-corrected chi connectivity index (χ0v) is 9.17. The summed E-state index contributed by atoms with van der Waals surface area (Å²) in [6.07, 6.45) is 1.66. The fourth-order valence-electron chi connectivity index (χ4n) is 1.45. The van der Waals surface area contributed by atoms with Gasteiger partial charge in [0, 0.05) is 18.1 Å². The summed E-state index contributed by atoms with van der Waals surface area (Å²) in [4.78, 5) is 4.23. The smallest absolute Gasteiger partial charge is 0.0703 e. The molecule has 0 aliphatic carbocycles. The first-order chi connectivity index (χ1) is 7.29. The number of hydrogen-bond acceptors (Lipinski definition) is 3. The van der Waals surface area contributed by atoms with Crippen LogP contribution in [-0.4, -0.2) is 12.0 Å². The normalized spacial score (nSPS) is 10.8. The minimum atomic E-state index is 0.668. The monoisotopic (exact) mass is 221 g/mol. The van der Waals surface area contributed by atoms with Gasteiger partial charge in [-0.25, -0.2) is 0 Å². The molecule has 0 unspecified atom stereocenters. The Bertz CT molecular complexity index is 470. The first-order valence-electron chi connectivity index (χ1n) is 4.73. The van der Waals surface area contributed by atoms with Crippen molar-refractivity contribution in [2.24, 2.45) is 0 Å². The summed E-state index contributed by atoms with van der Waals surface area (Å²) >= 11 is 5.88. The molecule has 4 heteroatoms. The molecule has 2 aromatic rings. The van der Waals surface area contributed by atoms with Gasteiger partial charge in [0.15, 0.2) is 0 Å². The molecule has 2 N–H and O–H groups in total. The Hall–Kier alpha value is -1.16. The molecule has 1 heterocycles. The summed E-state index contributed by atoms with van der Waals surface area (Å²) in [5.41, 5.74) is 8.09. The molecule has 15 heavy (non-hydrogen) atoms. The molecule has 0 aliphatic rings. The Morgan fingerprint density at radius 2 is 2.20 bits per heavy atom. The molecule has 2 rings (SSSR count). The summed E-state index contributed by atoms with van der Waals surface area (Å²) in [5, 5.41) is 1.74. The van der Waals surface area contributed by atoms with Crippen molar-refractivity contribution in [3.8, 4) is 0 Å². The highest BCUT2D eigenvalue weighted by Crippen LogP contribution is 2.17. The molecule has 3 nitrogen and oxygen atoms in total. The summed E-state index contributed by atoms with van der Waals surface area (Å²) in [6.45, 7) is 0.777. The molecule has 1 aromatic carbocycles. The maximum atomic E-state index is 5.88. The number of pyridine rings is 1. The summed E-state index contributed by atoms with van der Waals surface area (Å²) < 4.78 is 0. The van der Waals surface area contributed by atoms with Crippen molar-refractivity contribution in [2.45, 2.75) is 6.54 Å². The van der Waals surface area contributed by atoms with Crippen LogP contribution in [0, 0.1) is 0 Å². The molecule has 0 amide bonds. The Kier molecular flexibility index (Phi) is 3.16. The second-order valence-corrected chi connectivity index (χ2v) is 3.72. The van der Waals surface area contributed by atoms with E-state index in [1.165, 1.54) is 5.56 Å². The van der Waals surface area contributed by atoms with Gasteiger partial charge in [0.1, 0.15) is 0 Å². The van der Waals surface area contributed by atoms with Crippen molar-refractivity contribution in [3.05, 3.63) is 41.0 Å². The number of fused-ring (bicyclic) bond motifs is 1. The van der Waals surface area contributed by atoms with Gasteiger partial charge in [0.05, 0.1) is 10.5 Å². The quantitative estimate of drug-likeness (QED) is 0.780. The minimum absolute atomic E-state index is 0.668. The topological polar surface area (TPSA) is 37.0 Å². The van der Waals surface area contributed by atoms with E-state index in [0.29, 0.717) is 5.02 Å². The third kappa shape index (κ3) is 2.45. The molecule has 0 radical (unpaired) electrons. The zero-order chi connectivity index (χ0) is 10.7. The number of nitrogens with zero attached hydrogens (tertiary/aromatic N) is 1. The largest absolute Gasteiger partial charge is 0.261 e. The van der Waals surface area contributed by atoms with Crippen LogP contribution in [0.25, 0.3) is 10.9 Å². The average molecular weight is 222 g/mol. The number of hydrazine groups is 1. The molecule has 0 saturated carbocycles. The number of benzene rings is 1. The summed E-state index contributed by atoms with van der Waals surface area (Å²) in [7, 11) is 1.85. The van der Waals surface area contributed by atoms with Crippen LogP contribution in [-0.2, 0) is 6.54 Å². The van der Waals surface area contributed by atoms with Crippen LogP contribution in [0.1, 0.15) is 5.56 Å². The van der Waals surface area contributed by atoms with Crippen LogP contribution in [0.15, 0.2) is 30.5 Å². The molecule has 0 spiro atoms. The lowest BCUT2D eigenvalue weighted by molar-refractivity contribution is 0.597. The number of hydrogen-bond donors (Lipinski definition) is 2. The predicted octanol–water partition coefficient (Wildman–Crippen LogP) is 2.11. The van der Waals surface area contributed by atoms with Crippen molar-refractivity contribution in [2.75, 3.05) is 7.05 Å². The number of aromatic nitrogens is 1. The van der Waals surface area contributed by atoms with Gasteiger partial charge in [-0.2, -0.15) is 0 Å². The van der Waals surface area contributed by atoms with Crippen LogP contribution in [0.3, 0.4) is 0 Å². The predicted molar refractivity (Wildman–Crippen MR) is 62.7 cm³/mol. The van der Waals surface area contributed by atoms with Crippen molar-refractivity contribution in [3.63, 3.8) is 0 Å². The van der Waals surface area contributed by atoms with Crippen molar-refractivity contribution in [1.29, 1.82) is 0 Å². The van der Waals surface area contributed by atoms with E-state index in [9.17, 15) is 0 Å². The first-order valence-corrected chi connectivity index (χ1v) is 5.11. The van der Waals surface area contributed by atoms with Crippen molar-refractivity contribution >= 4 is 22.5 Å². The van der Waals surface area contributed by atoms with Gasteiger partial charge in [-0.3, -0.25) is 15.8 Å². The van der Waals surface area contributed by atoms with Crippen molar-refractivity contribution < 1.29 is 0 Å². The highest BCUT2D eigenvalue weighted by atomic mass is 35.5. The molecule has 0 aliphatic heterocycles. The zero-order valence-electron chi connectivity index (χ0n) is 8.42. The van der Waals surface area contributed by atoms with Gasteiger partial charge in [-0.05, 0) is 30.8 Å². The molecular formula is C11H12ClN3. The van der Waals surface area contributed by atoms with E-state index in [4.69, 9.17) is 11.6 Å². The van der Waals surface area contributed by atoms with E-state index in [2.05, 4.69) is 21.9 Å². The van der Waals surface area contributed by atoms with E-state index in [0.717, 1.165) is 17.4 Å². The summed E-state index contributed by atoms with van der Waals surface area (Å²) in [5.74, 6) is 0. The highest BCUT2D eigenvalue weighted by molar-refractivity contribution is 6.31.